The summed E-state index contributed by atoms with van der Waals surface area (Å²) >= 11 is 0. The molecule has 1 saturated heterocycles. The topological polar surface area (TPSA) is 50.7 Å². The van der Waals surface area contributed by atoms with Gasteiger partial charge in [0.05, 0.1) is 26.4 Å². The number of hydrogen-bond acceptors (Lipinski definition) is 4. The maximum Gasteiger partial charge on any atom is 0.135 e. The van der Waals surface area contributed by atoms with E-state index in [9.17, 15) is 9.50 Å². The summed E-state index contributed by atoms with van der Waals surface area (Å²) in [5, 5.41) is 12.4. The van der Waals surface area contributed by atoms with Crippen LogP contribution in [0.1, 0.15) is 11.6 Å². The van der Waals surface area contributed by atoms with Crippen molar-refractivity contribution >= 4 is 0 Å². The maximum absolute atomic E-state index is 13.7. The average molecular weight is 227 g/mol. The first kappa shape index (κ1) is 11.2. The van der Waals surface area contributed by atoms with Crippen molar-refractivity contribution in [2.75, 3.05) is 26.9 Å². The van der Waals surface area contributed by atoms with Crippen LogP contribution in [0.4, 0.5) is 4.39 Å². The van der Waals surface area contributed by atoms with Crippen molar-refractivity contribution in [1.29, 1.82) is 0 Å². The highest BCUT2D eigenvalue weighted by Crippen LogP contribution is 2.32. The normalized spacial score (nSPS) is 20.8. The number of halogens is 1. The van der Waals surface area contributed by atoms with Crippen molar-refractivity contribution in [3.63, 3.8) is 0 Å². The van der Waals surface area contributed by atoms with Crippen molar-refractivity contribution in [2.24, 2.45) is 0 Å². The molecule has 1 fully saturated rings. The van der Waals surface area contributed by atoms with E-state index in [1.54, 1.807) is 0 Å². The van der Waals surface area contributed by atoms with Crippen LogP contribution < -0.4 is 10.1 Å². The molecule has 5 heteroatoms. The highest BCUT2D eigenvalue weighted by Gasteiger charge is 2.23. The number of methoxy groups -OCH3 is 1. The van der Waals surface area contributed by atoms with Crippen molar-refractivity contribution in [1.82, 2.24) is 5.32 Å². The summed E-state index contributed by atoms with van der Waals surface area (Å²) in [6, 6.07) is 2.24. The third kappa shape index (κ3) is 2.10. The van der Waals surface area contributed by atoms with Crippen molar-refractivity contribution in [2.45, 2.75) is 6.04 Å². The molecule has 1 unspecified atom stereocenters. The second-order valence-corrected chi connectivity index (χ2v) is 3.63. The Bertz CT molecular complexity index is 378. The van der Waals surface area contributed by atoms with Crippen molar-refractivity contribution in [3.05, 3.63) is 23.5 Å². The molecule has 0 aliphatic carbocycles. The molecule has 0 radical (unpaired) electrons. The number of morpholine rings is 1. The zero-order valence-electron chi connectivity index (χ0n) is 9.00. The molecule has 0 bridgehead atoms. The Morgan fingerprint density at radius 1 is 1.56 bits per heavy atom. The van der Waals surface area contributed by atoms with E-state index >= 15 is 0 Å². The van der Waals surface area contributed by atoms with Crippen molar-refractivity contribution in [3.8, 4) is 11.5 Å². The fourth-order valence-corrected chi connectivity index (χ4v) is 1.84. The number of phenols is 1. The fourth-order valence-electron chi connectivity index (χ4n) is 1.84. The van der Waals surface area contributed by atoms with E-state index < -0.39 is 5.82 Å². The Kier molecular flexibility index (Phi) is 3.26. The molecule has 1 heterocycles. The lowest BCUT2D eigenvalue weighted by molar-refractivity contribution is 0.0748. The molecular formula is C11H14FNO3. The van der Waals surface area contributed by atoms with Gasteiger partial charge in [-0.15, -0.1) is 0 Å². The van der Waals surface area contributed by atoms with Gasteiger partial charge in [-0.2, -0.15) is 0 Å². The number of hydrogen-bond donors (Lipinski definition) is 2. The van der Waals surface area contributed by atoms with E-state index in [-0.39, 0.29) is 11.8 Å². The second kappa shape index (κ2) is 4.67. The molecule has 1 aliphatic rings. The molecule has 2 N–H and O–H groups in total. The van der Waals surface area contributed by atoms with Gasteiger partial charge < -0.3 is 19.9 Å². The minimum absolute atomic E-state index is 0.144. The molecule has 1 aliphatic heterocycles. The second-order valence-electron chi connectivity index (χ2n) is 3.63. The van der Waals surface area contributed by atoms with Crippen LogP contribution in [0.15, 0.2) is 12.1 Å². The van der Waals surface area contributed by atoms with Crippen LogP contribution in [-0.4, -0.2) is 32.0 Å². The zero-order valence-corrected chi connectivity index (χ0v) is 9.00. The average Bonchev–Trinajstić information content (AvgIpc) is 2.29. The van der Waals surface area contributed by atoms with Crippen LogP contribution in [-0.2, 0) is 4.74 Å². The van der Waals surface area contributed by atoms with Crippen LogP contribution in [0.25, 0.3) is 0 Å². The van der Waals surface area contributed by atoms with Gasteiger partial charge in [-0.25, -0.2) is 4.39 Å². The molecular weight excluding hydrogens is 213 g/mol. The maximum atomic E-state index is 13.7. The van der Waals surface area contributed by atoms with Crippen LogP contribution >= 0.6 is 0 Å². The van der Waals surface area contributed by atoms with Gasteiger partial charge in [-0.1, -0.05) is 0 Å². The number of rotatable bonds is 2. The van der Waals surface area contributed by atoms with Crippen LogP contribution in [0.3, 0.4) is 0 Å². The quantitative estimate of drug-likeness (QED) is 0.797. The molecule has 88 valence electrons. The Balaban J connectivity index is 2.37. The molecule has 1 aromatic rings. The SMILES string of the molecule is COc1cc(O)cc(F)c1C1COCCN1. The van der Waals surface area contributed by atoms with Crippen LogP contribution in [0.2, 0.25) is 0 Å². The van der Waals surface area contributed by atoms with Gasteiger partial charge in [0.1, 0.15) is 17.3 Å². The van der Waals surface area contributed by atoms with Crippen LogP contribution in [0.5, 0.6) is 11.5 Å². The molecule has 1 aromatic carbocycles. The van der Waals surface area contributed by atoms with Crippen LogP contribution in [0, 0.1) is 5.82 Å². The predicted octanol–water partition coefficient (Wildman–Crippen LogP) is 1.20. The summed E-state index contributed by atoms with van der Waals surface area (Å²) in [7, 11) is 1.45. The molecule has 0 aromatic heterocycles. The number of nitrogens with one attached hydrogen (secondary N) is 1. The third-order valence-corrected chi connectivity index (χ3v) is 2.57. The molecule has 4 nitrogen and oxygen atoms in total. The Morgan fingerprint density at radius 3 is 3.00 bits per heavy atom. The summed E-state index contributed by atoms with van der Waals surface area (Å²) in [5.41, 5.74) is 0.403. The van der Waals surface area contributed by atoms with E-state index in [2.05, 4.69) is 5.32 Å². The molecule has 0 saturated carbocycles. The molecule has 0 spiro atoms. The zero-order chi connectivity index (χ0) is 11.5. The van der Waals surface area contributed by atoms with E-state index in [1.807, 2.05) is 0 Å². The van der Waals surface area contributed by atoms with Gasteiger partial charge in [0, 0.05) is 24.2 Å². The van der Waals surface area contributed by atoms with E-state index in [0.29, 0.717) is 31.1 Å². The summed E-state index contributed by atoms with van der Waals surface area (Å²) in [6.07, 6.45) is 0. The van der Waals surface area contributed by atoms with Gasteiger partial charge >= 0.3 is 0 Å². The highest BCUT2D eigenvalue weighted by molar-refractivity contribution is 5.43. The molecule has 2 rings (SSSR count). The largest absolute Gasteiger partial charge is 0.508 e. The number of phenolic OH excluding ortho intramolecular Hbond substituents is 1. The lowest BCUT2D eigenvalue weighted by Gasteiger charge is -2.25. The molecule has 0 amide bonds. The highest BCUT2D eigenvalue weighted by atomic mass is 19.1. The van der Waals surface area contributed by atoms with E-state index in [4.69, 9.17) is 9.47 Å². The fraction of sp³-hybridized carbons (Fsp3) is 0.455. The number of ether oxygens (including phenoxy) is 2. The Hall–Kier alpha value is -1.33. The van der Waals surface area contributed by atoms with Gasteiger partial charge in [0.15, 0.2) is 0 Å². The first-order valence-electron chi connectivity index (χ1n) is 5.10. The smallest absolute Gasteiger partial charge is 0.135 e. The number of benzene rings is 1. The third-order valence-electron chi connectivity index (χ3n) is 2.57. The van der Waals surface area contributed by atoms with Gasteiger partial charge in [-0.3, -0.25) is 0 Å². The Labute approximate surface area is 93.0 Å². The minimum Gasteiger partial charge on any atom is -0.508 e. The predicted molar refractivity (Wildman–Crippen MR) is 56.2 cm³/mol. The summed E-state index contributed by atoms with van der Waals surface area (Å²) < 4.78 is 24.1. The standard InChI is InChI=1S/C11H14FNO3/c1-15-10-5-7(14)4-8(12)11(10)9-6-16-3-2-13-9/h4-5,9,13-14H,2-3,6H2,1H3. The van der Waals surface area contributed by atoms with Gasteiger partial charge in [0.2, 0.25) is 0 Å². The first-order valence-corrected chi connectivity index (χ1v) is 5.10. The van der Waals surface area contributed by atoms with Gasteiger partial charge in [-0.05, 0) is 0 Å². The monoisotopic (exact) mass is 227 g/mol. The Morgan fingerprint density at radius 2 is 2.38 bits per heavy atom. The molecule has 16 heavy (non-hydrogen) atoms. The van der Waals surface area contributed by atoms with E-state index in [0.717, 1.165) is 6.07 Å². The van der Waals surface area contributed by atoms with Crippen molar-refractivity contribution < 1.29 is 19.0 Å². The summed E-state index contributed by atoms with van der Waals surface area (Å²) in [4.78, 5) is 0. The minimum atomic E-state index is -0.486. The lowest BCUT2D eigenvalue weighted by atomic mass is 10.0. The van der Waals surface area contributed by atoms with Gasteiger partial charge in [0.25, 0.3) is 0 Å². The lowest BCUT2D eigenvalue weighted by Crippen LogP contribution is -2.35. The first-order chi connectivity index (χ1) is 7.72. The van der Waals surface area contributed by atoms with E-state index in [1.165, 1.54) is 13.2 Å². The summed E-state index contributed by atoms with van der Waals surface area (Å²) in [5.74, 6) is -0.296. The molecule has 1 atom stereocenters. The summed E-state index contributed by atoms with van der Waals surface area (Å²) in [6.45, 7) is 1.70. The number of aromatic hydroxyl groups is 1.